The number of carbonyl (C=O) groups is 2. The molecule has 0 fully saturated rings. The molecular formula is C16H22N2O3. The lowest BCUT2D eigenvalue weighted by Gasteiger charge is -2.17. The number of benzene rings is 1. The molecule has 0 aromatic heterocycles. The molecule has 2 amide bonds. The lowest BCUT2D eigenvalue weighted by atomic mass is 10.1. The van der Waals surface area contributed by atoms with Crippen molar-refractivity contribution in [3.63, 3.8) is 0 Å². The van der Waals surface area contributed by atoms with Gasteiger partial charge in [-0.3, -0.25) is 0 Å². The number of aromatic carboxylic acids is 1. The molecule has 114 valence electrons. The molecule has 0 radical (unpaired) electrons. The SMILES string of the molecule is C=CCCCN(C)C(=O)NCCc1ccc(C(=O)O)cc1. The van der Waals surface area contributed by atoms with E-state index < -0.39 is 5.97 Å². The third kappa shape index (κ3) is 6.12. The Hall–Kier alpha value is -2.30. The number of carbonyl (C=O) groups excluding carboxylic acids is 1. The van der Waals surface area contributed by atoms with Crippen LogP contribution in [0.4, 0.5) is 4.79 Å². The number of rotatable bonds is 8. The highest BCUT2D eigenvalue weighted by Crippen LogP contribution is 2.05. The number of nitrogens with one attached hydrogen (secondary N) is 1. The molecule has 1 aromatic rings. The van der Waals surface area contributed by atoms with Crippen molar-refractivity contribution >= 4 is 12.0 Å². The minimum Gasteiger partial charge on any atom is -0.478 e. The fraction of sp³-hybridized carbons (Fsp3) is 0.375. The van der Waals surface area contributed by atoms with Gasteiger partial charge in [-0.05, 0) is 37.0 Å². The van der Waals surface area contributed by atoms with Crippen molar-refractivity contribution in [2.45, 2.75) is 19.3 Å². The van der Waals surface area contributed by atoms with E-state index in [1.54, 1.807) is 36.2 Å². The van der Waals surface area contributed by atoms with Crippen molar-refractivity contribution < 1.29 is 14.7 Å². The average molecular weight is 290 g/mol. The van der Waals surface area contributed by atoms with Crippen LogP contribution in [-0.2, 0) is 6.42 Å². The average Bonchev–Trinajstić information content (AvgIpc) is 2.47. The summed E-state index contributed by atoms with van der Waals surface area (Å²) in [6.07, 6.45) is 4.32. The van der Waals surface area contributed by atoms with E-state index in [0.29, 0.717) is 19.5 Å². The molecule has 0 unspecified atom stereocenters. The first kappa shape index (κ1) is 16.8. The van der Waals surface area contributed by atoms with Crippen LogP contribution in [0.1, 0.15) is 28.8 Å². The second-order valence-corrected chi connectivity index (χ2v) is 4.84. The van der Waals surface area contributed by atoms with Crippen LogP contribution in [0.15, 0.2) is 36.9 Å². The predicted molar refractivity (Wildman–Crippen MR) is 82.6 cm³/mol. The first-order chi connectivity index (χ1) is 10.0. The summed E-state index contributed by atoms with van der Waals surface area (Å²) in [5, 5.41) is 11.6. The minimum absolute atomic E-state index is 0.0961. The molecule has 1 rings (SSSR count). The molecular weight excluding hydrogens is 268 g/mol. The van der Waals surface area contributed by atoms with Gasteiger partial charge in [0.15, 0.2) is 0 Å². The van der Waals surface area contributed by atoms with Gasteiger partial charge >= 0.3 is 12.0 Å². The Morgan fingerprint density at radius 1 is 1.33 bits per heavy atom. The van der Waals surface area contributed by atoms with E-state index in [2.05, 4.69) is 11.9 Å². The van der Waals surface area contributed by atoms with Gasteiger partial charge in [0.1, 0.15) is 0 Å². The molecule has 0 aliphatic heterocycles. The van der Waals surface area contributed by atoms with Gasteiger partial charge < -0.3 is 15.3 Å². The molecule has 0 heterocycles. The second-order valence-electron chi connectivity index (χ2n) is 4.84. The quantitative estimate of drug-likeness (QED) is 0.571. The highest BCUT2D eigenvalue weighted by atomic mass is 16.4. The Balaban J connectivity index is 2.30. The van der Waals surface area contributed by atoms with Gasteiger partial charge in [0.25, 0.3) is 0 Å². The van der Waals surface area contributed by atoms with E-state index in [0.717, 1.165) is 18.4 Å². The molecule has 0 spiro atoms. The smallest absolute Gasteiger partial charge is 0.335 e. The van der Waals surface area contributed by atoms with Gasteiger partial charge in [-0.25, -0.2) is 9.59 Å². The fourth-order valence-electron chi connectivity index (χ4n) is 1.84. The van der Waals surface area contributed by atoms with Crippen molar-refractivity contribution in [2.75, 3.05) is 20.1 Å². The summed E-state index contributed by atoms with van der Waals surface area (Å²) < 4.78 is 0. The van der Waals surface area contributed by atoms with Crippen LogP contribution >= 0.6 is 0 Å². The molecule has 0 aliphatic rings. The van der Waals surface area contributed by atoms with Crippen molar-refractivity contribution in [2.24, 2.45) is 0 Å². The Morgan fingerprint density at radius 2 is 2.00 bits per heavy atom. The lowest BCUT2D eigenvalue weighted by Crippen LogP contribution is -2.38. The summed E-state index contributed by atoms with van der Waals surface area (Å²) in [5.74, 6) is -0.934. The molecule has 0 aliphatic carbocycles. The highest BCUT2D eigenvalue weighted by Gasteiger charge is 2.07. The van der Waals surface area contributed by atoms with Crippen molar-refractivity contribution in [3.05, 3.63) is 48.0 Å². The topological polar surface area (TPSA) is 69.6 Å². The molecule has 0 bridgehead atoms. The molecule has 5 nitrogen and oxygen atoms in total. The van der Waals surface area contributed by atoms with Crippen LogP contribution in [0.3, 0.4) is 0 Å². The molecule has 5 heteroatoms. The molecule has 0 saturated heterocycles. The number of urea groups is 1. The first-order valence-corrected chi connectivity index (χ1v) is 6.96. The third-order valence-electron chi connectivity index (χ3n) is 3.14. The standard InChI is InChI=1S/C16H22N2O3/c1-3-4-5-12-18(2)16(21)17-11-10-13-6-8-14(9-7-13)15(19)20/h3,6-9H,1,4-5,10-12H2,2H3,(H,17,21)(H,19,20). The van der Waals surface area contributed by atoms with E-state index >= 15 is 0 Å². The number of carboxylic acids is 1. The minimum atomic E-state index is -0.934. The molecule has 0 atom stereocenters. The van der Waals surface area contributed by atoms with Crippen LogP contribution in [0, 0.1) is 0 Å². The Bertz CT molecular complexity index is 483. The maximum absolute atomic E-state index is 11.8. The number of unbranched alkanes of at least 4 members (excludes halogenated alkanes) is 1. The normalized spacial score (nSPS) is 9.95. The summed E-state index contributed by atoms with van der Waals surface area (Å²) in [7, 11) is 1.76. The Morgan fingerprint density at radius 3 is 2.57 bits per heavy atom. The van der Waals surface area contributed by atoms with Crippen molar-refractivity contribution in [1.82, 2.24) is 10.2 Å². The van der Waals surface area contributed by atoms with Gasteiger partial charge in [-0.2, -0.15) is 0 Å². The van der Waals surface area contributed by atoms with Crippen LogP contribution in [0.2, 0.25) is 0 Å². The number of hydrogen-bond donors (Lipinski definition) is 2. The molecule has 2 N–H and O–H groups in total. The lowest BCUT2D eigenvalue weighted by molar-refractivity contribution is 0.0697. The van der Waals surface area contributed by atoms with Crippen molar-refractivity contribution in [1.29, 1.82) is 0 Å². The van der Waals surface area contributed by atoms with E-state index in [9.17, 15) is 9.59 Å². The zero-order valence-corrected chi connectivity index (χ0v) is 12.3. The van der Waals surface area contributed by atoms with Gasteiger partial charge in [-0.15, -0.1) is 6.58 Å². The Labute approximate surface area is 125 Å². The summed E-state index contributed by atoms with van der Waals surface area (Å²) in [5.41, 5.74) is 1.26. The number of hydrogen-bond acceptors (Lipinski definition) is 2. The first-order valence-electron chi connectivity index (χ1n) is 6.96. The summed E-state index contributed by atoms with van der Waals surface area (Å²) in [6, 6.07) is 6.58. The predicted octanol–water partition coefficient (Wildman–Crippen LogP) is 2.53. The third-order valence-corrected chi connectivity index (χ3v) is 3.14. The summed E-state index contributed by atoms with van der Waals surface area (Å²) in [6.45, 7) is 4.87. The highest BCUT2D eigenvalue weighted by molar-refractivity contribution is 5.87. The maximum atomic E-state index is 11.8. The maximum Gasteiger partial charge on any atom is 0.335 e. The van der Waals surface area contributed by atoms with Gasteiger partial charge in [0, 0.05) is 20.1 Å². The van der Waals surface area contributed by atoms with E-state index in [1.165, 1.54) is 0 Å². The molecule has 1 aromatic carbocycles. The van der Waals surface area contributed by atoms with E-state index in [4.69, 9.17) is 5.11 Å². The molecule has 21 heavy (non-hydrogen) atoms. The number of allylic oxidation sites excluding steroid dienone is 1. The van der Waals surface area contributed by atoms with Gasteiger partial charge in [0.2, 0.25) is 0 Å². The Kier molecular flexibility index (Phi) is 7.01. The number of carboxylic acid groups (broad SMARTS) is 1. The van der Waals surface area contributed by atoms with Crippen LogP contribution in [0.5, 0.6) is 0 Å². The molecule has 0 saturated carbocycles. The van der Waals surface area contributed by atoms with Crippen LogP contribution in [-0.4, -0.2) is 42.1 Å². The van der Waals surface area contributed by atoms with E-state index in [1.807, 2.05) is 6.08 Å². The monoisotopic (exact) mass is 290 g/mol. The summed E-state index contributed by atoms with van der Waals surface area (Å²) >= 11 is 0. The summed E-state index contributed by atoms with van der Waals surface area (Å²) in [4.78, 5) is 24.2. The van der Waals surface area contributed by atoms with Crippen LogP contribution < -0.4 is 5.32 Å². The number of nitrogens with zero attached hydrogens (tertiary/aromatic N) is 1. The second kappa shape index (κ2) is 8.79. The van der Waals surface area contributed by atoms with Crippen LogP contribution in [0.25, 0.3) is 0 Å². The fourth-order valence-corrected chi connectivity index (χ4v) is 1.84. The number of amides is 2. The van der Waals surface area contributed by atoms with E-state index in [-0.39, 0.29) is 11.6 Å². The van der Waals surface area contributed by atoms with Crippen molar-refractivity contribution in [3.8, 4) is 0 Å². The zero-order chi connectivity index (χ0) is 15.7. The van der Waals surface area contributed by atoms with Gasteiger partial charge in [0.05, 0.1) is 5.56 Å². The zero-order valence-electron chi connectivity index (χ0n) is 12.3. The largest absolute Gasteiger partial charge is 0.478 e. The van der Waals surface area contributed by atoms with Gasteiger partial charge in [-0.1, -0.05) is 18.2 Å².